The molecule has 0 bridgehead atoms. The fourth-order valence-electron chi connectivity index (χ4n) is 5.08. The Labute approximate surface area is 247 Å². The van der Waals surface area contributed by atoms with E-state index in [2.05, 4.69) is 31.1 Å². The summed E-state index contributed by atoms with van der Waals surface area (Å²) in [4.78, 5) is 32.6. The number of fused-ring (bicyclic) bond motifs is 2. The average Bonchev–Trinajstić information content (AvgIpc) is 3.58. The van der Waals surface area contributed by atoms with Crippen LogP contribution in [0.2, 0.25) is 0 Å². The van der Waals surface area contributed by atoms with Gasteiger partial charge in [-0.1, -0.05) is 26.8 Å². The summed E-state index contributed by atoms with van der Waals surface area (Å²) in [5, 5.41) is 7.65. The Morgan fingerprint density at radius 2 is 1.81 bits per heavy atom. The Balaban J connectivity index is 1.48. The fraction of sp³-hybridized carbons (Fsp3) is 0.290. The zero-order valence-electron chi connectivity index (χ0n) is 23.5. The van der Waals surface area contributed by atoms with Crippen molar-refractivity contribution in [2.75, 3.05) is 24.0 Å². The van der Waals surface area contributed by atoms with E-state index in [4.69, 9.17) is 14.6 Å². The molecule has 1 atom stereocenters. The van der Waals surface area contributed by atoms with Crippen LogP contribution >= 0.6 is 11.8 Å². The third-order valence-electron chi connectivity index (χ3n) is 7.11. The molecule has 4 aromatic rings. The van der Waals surface area contributed by atoms with Gasteiger partial charge in [0.05, 0.1) is 22.4 Å². The maximum atomic E-state index is 14.0. The number of pyridine rings is 1. The van der Waals surface area contributed by atoms with E-state index < -0.39 is 5.41 Å². The molecule has 1 unspecified atom stereocenters. The van der Waals surface area contributed by atoms with Gasteiger partial charge in [0.2, 0.25) is 18.6 Å². The second-order valence-electron chi connectivity index (χ2n) is 11.1. The van der Waals surface area contributed by atoms with Gasteiger partial charge in [0.1, 0.15) is 18.2 Å². The minimum absolute atomic E-state index is 0.137. The van der Waals surface area contributed by atoms with Crippen LogP contribution in [0.3, 0.4) is 0 Å². The number of carbonyl (C=O) groups excluding carboxylic acids is 2. The van der Waals surface area contributed by atoms with Gasteiger partial charge in [0.15, 0.2) is 11.5 Å². The zero-order chi connectivity index (χ0) is 29.4. The van der Waals surface area contributed by atoms with Crippen molar-refractivity contribution in [1.82, 2.24) is 20.1 Å². The van der Waals surface area contributed by atoms with Gasteiger partial charge >= 0.3 is 0 Å². The molecular weight excluding hydrogens is 557 g/mol. The molecule has 0 saturated heterocycles. The van der Waals surface area contributed by atoms with Crippen molar-refractivity contribution >= 4 is 29.4 Å². The molecule has 2 aromatic carbocycles. The second kappa shape index (κ2) is 11.1. The van der Waals surface area contributed by atoms with Crippen LogP contribution in [-0.4, -0.2) is 45.7 Å². The van der Waals surface area contributed by atoms with Crippen molar-refractivity contribution in [3.05, 3.63) is 95.2 Å². The lowest BCUT2D eigenvalue weighted by atomic mass is 9.87. The smallest absolute Gasteiger partial charge is 0.240 e. The van der Waals surface area contributed by atoms with Gasteiger partial charge in [0, 0.05) is 29.9 Å². The van der Waals surface area contributed by atoms with E-state index >= 15 is 0 Å². The first-order chi connectivity index (χ1) is 20.2. The third kappa shape index (κ3) is 5.44. The van der Waals surface area contributed by atoms with Gasteiger partial charge < -0.3 is 14.8 Å². The molecule has 2 aliphatic heterocycles. The Morgan fingerprint density at radius 1 is 1.07 bits per heavy atom. The lowest BCUT2D eigenvalue weighted by Gasteiger charge is -2.24. The van der Waals surface area contributed by atoms with Crippen LogP contribution < -0.4 is 19.7 Å². The molecule has 0 spiro atoms. The van der Waals surface area contributed by atoms with Gasteiger partial charge in [-0.3, -0.25) is 19.5 Å². The molecule has 0 fully saturated rings. The van der Waals surface area contributed by atoms with Crippen molar-refractivity contribution in [3.63, 3.8) is 0 Å². The zero-order valence-corrected chi connectivity index (χ0v) is 24.3. The van der Waals surface area contributed by atoms with E-state index in [1.54, 1.807) is 29.2 Å². The number of nitrogens with one attached hydrogen (secondary N) is 1. The molecule has 216 valence electrons. The molecule has 42 heavy (non-hydrogen) atoms. The van der Waals surface area contributed by atoms with Crippen LogP contribution in [0, 0.1) is 5.82 Å². The highest BCUT2D eigenvalue weighted by Gasteiger charge is 2.40. The molecule has 2 aliphatic rings. The van der Waals surface area contributed by atoms with Crippen molar-refractivity contribution in [1.29, 1.82) is 0 Å². The normalized spacial score (nSPS) is 16.2. The average molecular weight is 588 g/mol. The van der Waals surface area contributed by atoms with Crippen LogP contribution in [0.15, 0.2) is 67.0 Å². The summed E-state index contributed by atoms with van der Waals surface area (Å²) in [7, 11) is 0. The van der Waals surface area contributed by atoms with Gasteiger partial charge in [0.25, 0.3) is 0 Å². The number of rotatable bonds is 6. The van der Waals surface area contributed by atoms with Crippen LogP contribution in [0.1, 0.15) is 48.4 Å². The van der Waals surface area contributed by atoms with Gasteiger partial charge in [-0.05, 0) is 59.7 Å². The Bertz CT molecular complexity index is 1640. The summed E-state index contributed by atoms with van der Waals surface area (Å²) < 4.78 is 26.8. The predicted molar refractivity (Wildman–Crippen MR) is 158 cm³/mol. The minimum atomic E-state index is -0.423. The largest absolute Gasteiger partial charge is 0.454 e. The Morgan fingerprint density at radius 3 is 2.55 bits per heavy atom. The van der Waals surface area contributed by atoms with E-state index in [1.165, 1.54) is 28.8 Å². The van der Waals surface area contributed by atoms with Crippen molar-refractivity contribution in [2.24, 2.45) is 0 Å². The van der Waals surface area contributed by atoms with Gasteiger partial charge in [-0.25, -0.2) is 9.07 Å². The SMILES string of the molecule is CC(C)(C)c1nn(-c2ccc(F)cc2)c2c1C(c1ccc3c(c1)OCO3)SCC(=O)N2CC(=O)NCc1ccncc1. The molecule has 9 nitrogen and oxygen atoms in total. The quantitative estimate of drug-likeness (QED) is 0.342. The lowest BCUT2D eigenvalue weighted by molar-refractivity contribution is -0.123. The van der Waals surface area contributed by atoms with Crippen molar-refractivity contribution < 1.29 is 23.5 Å². The minimum Gasteiger partial charge on any atom is -0.454 e. The molecule has 6 rings (SSSR count). The maximum absolute atomic E-state index is 14.0. The summed E-state index contributed by atoms with van der Waals surface area (Å²) in [6, 6.07) is 15.4. The molecule has 11 heteroatoms. The molecule has 0 aliphatic carbocycles. The number of halogens is 1. The Kier molecular flexibility index (Phi) is 7.36. The second-order valence-corrected chi connectivity index (χ2v) is 12.2. The predicted octanol–water partition coefficient (Wildman–Crippen LogP) is 4.92. The number of hydrogen-bond donors (Lipinski definition) is 1. The number of hydrogen-bond acceptors (Lipinski definition) is 7. The summed E-state index contributed by atoms with van der Waals surface area (Å²) >= 11 is 1.48. The highest BCUT2D eigenvalue weighted by molar-refractivity contribution is 8.00. The topological polar surface area (TPSA) is 98.6 Å². The van der Waals surface area contributed by atoms with E-state index in [0.29, 0.717) is 29.5 Å². The number of thioether (sulfide) groups is 1. The number of amides is 2. The highest BCUT2D eigenvalue weighted by atomic mass is 32.2. The number of aromatic nitrogens is 3. The molecule has 2 aromatic heterocycles. The van der Waals surface area contributed by atoms with E-state index in [1.807, 2.05) is 30.3 Å². The van der Waals surface area contributed by atoms with Gasteiger partial charge in [-0.15, -0.1) is 11.8 Å². The summed E-state index contributed by atoms with van der Waals surface area (Å²) in [5.74, 6) is 1.00. The van der Waals surface area contributed by atoms with Crippen LogP contribution in [-0.2, 0) is 21.5 Å². The molecule has 2 amide bonds. The standard InChI is InChI=1S/C31H30FN5O4S/c1-31(2,3)29-27-28(20-4-9-23-24(14-20)41-18-40-23)42-17-26(39)36(16-25(38)34-15-19-10-12-33-13-11-19)30(27)37(35-29)22-7-5-21(32)6-8-22/h4-14,28H,15-18H2,1-3H3,(H,34,38). The van der Waals surface area contributed by atoms with Crippen LogP contribution in [0.5, 0.6) is 11.5 Å². The van der Waals surface area contributed by atoms with Crippen molar-refractivity contribution in [3.8, 4) is 17.2 Å². The molecule has 0 saturated carbocycles. The van der Waals surface area contributed by atoms with Crippen molar-refractivity contribution in [2.45, 2.75) is 38.0 Å². The summed E-state index contributed by atoms with van der Waals surface area (Å²) in [6.07, 6.45) is 3.32. The van der Waals surface area contributed by atoms with Crippen LogP contribution in [0.4, 0.5) is 10.2 Å². The highest BCUT2D eigenvalue weighted by Crippen LogP contribution is 2.49. The number of carbonyl (C=O) groups is 2. The Hall–Kier alpha value is -4.38. The molecular formula is C31H30FN5O4S. The molecule has 0 radical (unpaired) electrons. The van der Waals surface area contributed by atoms with E-state index in [-0.39, 0.29) is 42.0 Å². The summed E-state index contributed by atoms with van der Waals surface area (Å²) in [5.41, 5.74) is 3.57. The molecule has 1 N–H and O–H groups in total. The van der Waals surface area contributed by atoms with E-state index in [0.717, 1.165) is 22.4 Å². The maximum Gasteiger partial charge on any atom is 0.240 e. The lowest BCUT2D eigenvalue weighted by Crippen LogP contribution is -2.42. The first-order valence-electron chi connectivity index (χ1n) is 13.6. The number of nitrogens with zero attached hydrogens (tertiary/aromatic N) is 4. The van der Waals surface area contributed by atoms with Crippen LogP contribution in [0.25, 0.3) is 5.69 Å². The molecule has 4 heterocycles. The monoisotopic (exact) mass is 587 g/mol. The number of ether oxygens (including phenoxy) is 2. The fourth-order valence-corrected chi connectivity index (χ4v) is 6.26. The van der Waals surface area contributed by atoms with E-state index in [9.17, 15) is 14.0 Å². The van der Waals surface area contributed by atoms with Gasteiger partial charge in [-0.2, -0.15) is 5.10 Å². The number of anilines is 1. The third-order valence-corrected chi connectivity index (χ3v) is 8.37. The first-order valence-corrected chi connectivity index (χ1v) is 14.6. The summed E-state index contributed by atoms with van der Waals surface area (Å²) in [6.45, 7) is 6.43. The number of benzene rings is 2. The first kappa shape index (κ1) is 27.8.